The fourth-order valence-corrected chi connectivity index (χ4v) is 2.28. The molecule has 1 nitrogen and oxygen atoms in total. The van der Waals surface area contributed by atoms with Crippen LogP contribution in [-0.4, -0.2) is 6.04 Å². The van der Waals surface area contributed by atoms with Crippen molar-refractivity contribution in [2.75, 3.05) is 5.32 Å². The van der Waals surface area contributed by atoms with Crippen molar-refractivity contribution >= 4 is 21.6 Å². The van der Waals surface area contributed by atoms with Gasteiger partial charge in [-0.05, 0) is 31.5 Å². The Balaban J connectivity index is 2.77. The lowest BCUT2D eigenvalue weighted by atomic mass is 10.1. The maximum Gasteiger partial charge on any atom is 0.418 e. The number of hydrogen-bond donors (Lipinski definition) is 1. The van der Waals surface area contributed by atoms with Gasteiger partial charge in [0, 0.05) is 16.2 Å². The third-order valence-electron chi connectivity index (χ3n) is 2.93. The maximum absolute atomic E-state index is 12.9. The average Bonchev–Trinajstić information content (AvgIpc) is 2.30. The number of nitrogens with one attached hydrogen (secondary N) is 1. The summed E-state index contributed by atoms with van der Waals surface area (Å²) < 4.78 is 39.2. The van der Waals surface area contributed by atoms with Crippen LogP contribution < -0.4 is 5.32 Å². The summed E-state index contributed by atoms with van der Waals surface area (Å²) in [5, 5.41) is 2.96. The van der Waals surface area contributed by atoms with Crippen LogP contribution in [0, 0.1) is 0 Å². The highest BCUT2D eigenvalue weighted by Crippen LogP contribution is 2.36. The molecule has 0 radical (unpaired) electrons. The van der Waals surface area contributed by atoms with Crippen molar-refractivity contribution in [3.05, 3.63) is 28.2 Å². The highest BCUT2D eigenvalue weighted by Gasteiger charge is 2.33. The van der Waals surface area contributed by atoms with Crippen LogP contribution in [-0.2, 0) is 6.18 Å². The molecule has 1 aromatic rings. The van der Waals surface area contributed by atoms with Gasteiger partial charge in [-0.15, -0.1) is 0 Å². The predicted molar refractivity (Wildman–Crippen MR) is 76.4 cm³/mol. The number of anilines is 1. The van der Waals surface area contributed by atoms with Crippen LogP contribution in [0.1, 0.15) is 45.1 Å². The van der Waals surface area contributed by atoms with Crippen LogP contribution in [0.25, 0.3) is 0 Å². The van der Waals surface area contributed by atoms with Crippen LogP contribution in [0.5, 0.6) is 0 Å². The van der Waals surface area contributed by atoms with E-state index in [-0.39, 0.29) is 11.7 Å². The Morgan fingerprint density at radius 2 is 1.95 bits per heavy atom. The molecule has 0 saturated carbocycles. The highest BCUT2D eigenvalue weighted by atomic mass is 79.9. The lowest BCUT2D eigenvalue weighted by Crippen LogP contribution is -2.18. The number of unbranched alkanes of at least 4 members (excludes halogenated alkanes) is 2. The van der Waals surface area contributed by atoms with Gasteiger partial charge in [0.1, 0.15) is 0 Å². The molecule has 0 spiro atoms. The Morgan fingerprint density at radius 3 is 2.53 bits per heavy atom. The fourth-order valence-electron chi connectivity index (χ4n) is 1.92. The summed E-state index contributed by atoms with van der Waals surface area (Å²) in [6.07, 6.45) is -0.212. The third kappa shape index (κ3) is 5.43. The summed E-state index contributed by atoms with van der Waals surface area (Å²) in [4.78, 5) is 0. The zero-order chi connectivity index (χ0) is 14.5. The fraction of sp³-hybridized carbons (Fsp3) is 0.571. The SMILES string of the molecule is CCCCCC(C)Nc1ccc(Br)cc1C(F)(F)F. The Bertz CT molecular complexity index is 404. The minimum absolute atomic E-state index is 0.0359. The Kier molecular flexibility index (Phi) is 6.17. The van der Waals surface area contributed by atoms with Gasteiger partial charge in [-0.1, -0.05) is 42.1 Å². The van der Waals surface area contributed by atoms with Crippen molar-refractivity contribution in [1.29, 1.82) is 0 Å². The molecule has 0 fully saturated rings. The molecule has 1 aromatic carbocycles. The standard InChI is InChI=1S/C14H19BrF3N/c1-3-4-5-6-10(2)19-13-8-7-11(15)9-12(13)14(16,17)18/h7-10,19H,3-6H2,1-2H3. The van der Waals surface area contributed by atoms with Crippen molar-refractivity contribution < 1.29 is 13.2 Å². The third-order valence-corrected chi connectivity index (χ3v) is 3.42. The normalized spacial score (nSPS) is 13.4. The van der Waals surface area contributed by atoms with E-state index in [0.29, 0.717) is 4.47 Å². The molecule has 5 heteroatoms. The summed E-state index contributed by atoms with van der Waals surface area (Å²) in [6.45, 7) is 4.02. The zero-order valence-corrected chi connectivity index (χ0v) is 12.7. The monoisotopic (exact) mass is 337 g/mol. The van der Waals surface area contributed by atoms with Crippen molar-refractivity contribution in [3.63, 3.8) is 0 Å². The van der Waals surface area contributed by atoms with Crippen LogP contribution >= 0.6 is 15.9 Å². The molecule has 19 heavy (non-hydrogen) atoms. The number of benzene rings is 1. The first-order chi connectivity index (χ1) is 8.84. The lowest BCUT2D eigenvalue weighted by molar-refractivity contribution is -0.137. The molecule has 108 valence electrons. The highest BCUT2D eigenvalue weighted by molar-refractivity contribution is 9.10. The summed E-state index contributed by atoms with van der Waals surface area (Å²) in [7, 11) is 0. The van der Waals surface area contributed by atoms with Crippen molar-refractivity contribution in [2.24, 2.45) is 0 Å². The van der Waals surface area contributed by atoms with Crippen LogP contribution in [0.3, 0.4) is 0 Å². The van der Waals surface area contributed by atoms with E-state index in [0.717, 1.165) is 31.7 Å². The molecule has 0 aliphatic heterocycles. The van der Waals surface area contributed by atoms with E-state index in [4.69, 9.17) is 0 Å². The molecule has 0 saturated heterocycles. The summed E-state index contributed by atoms with van der Waals surface area (Å²) >= 11 is 3.08. The number of halogens is 4. The summed E-state index contributed by atoms with van der Waals surface area (Å²) in [5.74, 6) is 0. The number of alkyl halides is 3. The van der Waals surface area contributed by atoms with Gasteiger partial charge in [0.15, 0.2) is 0 Å². The van der Waals surface area contributed by atoms with Crippen molar-refractivity contribution in [3.8, 4) is 0 Å². The molecule has 0 aliphatic carbocycles. The van der Waals surface area contributed by atoms with Crippen molar-refractivity contribution in [2.45, 2.75) is 51.7 Å². The molecule has 0 aliphatic rings. The zero-order valence-electron chi connectivity index (χ0n) is 11.1. The van der Waals surface area contributed by atoms with Crippen LogP contribution in [0.4, 0.5) is 18.9 Å². The first kappa shape index (κ1) is 16.3. The van der Waals surface area contributed by atoms with Crippen molar-refractivity contribution in [1.82, 2.24) is 0 Å². The van der Waals surface area contributed by atoms with Gasteiger partial charge >= 0.3 is 6.18 Å². The van der Waals surface area contributed by atoms with Gasteiger partial charge in [0.2, 0.25) is 0 Å². The first-order valence-electron chi connectivity index (χ1n) is 6.48. The Hall–Kier alpha value is -0.710. The molecule has 0 aromatic heterocycles. The van der Waals surface area contributed by atoms with E-state index < -0.39 is 11.7 Å². The maximum atomic E-state index is 12.9. The molecular weight excluding hydrogens is 319 g/mol. The van der Waals surface area contributed by atoms with Crippen LogP contribution in [0.15, 0.2) is 22.7 Å². The molecule has 0 bridgehead atoms. The second-order valence-electron chi connectivity index (χ2n) is 4.73. The lowest BCUT2D eigenvalue weighted by Gasteiger charge is -2.19. The van der Waals surface area contributed by atoms with E-state index in [1.807, 2.05) is 6.92 Å². The van der Waals surface area contributed by atoms with Gasteiger partial charge in [-0.3, -0.25) is 0 Å². The summed E-state index contributed by atoms with van der Waals surface area (Å²) in [6, 6.07) is 4.24. The largest absolute Gasteiger partial charge is 0.418 e. The molecule has 1 rings (SSSR count). The van der Waals surface area contributed by atoms with E-state index >= 15 is 0 Å². The molecule has 1 N–H and O–H groups in total. The van der Waals surface area contributed by atoms with E-state index in [2.05, 4.69) is 28.2 Å². The number of rotatable bonds is 6. The minimum atomic E-state index is -4.34. The molecule has 1 atom stereocenters. The van der Waals surface area contributed by atoms with Gasteiger partial charge < -0.3 is 5.32 Å². The van der Waals surface area contributed by atoms with E-state index in [9.17, 15) is 13.2 Å². The molecule has 1 unspecified atom stereocenters. The smallest absolute Gasteiger partial charge is 0.382 e. The van der Waals surface area contributed by atoms with Gasteiger partial charge in [-0.25, -0.2) is 0 Å². The van der Waals surface area contributed by atoms with Gasteiger partial charge in [-0.2, -0.15) is 13.2 Å². The Morgan fingerprint density at radius 1 is 1.26 bits per heavy atom. The van der Waals surface area contributed by atoms with E-state index in [1.54, 1.807) is 6.07 Å². The van der Waals surface area contributed by atoms with E-state index in [1.165, 1.54) is 6.07 Å². The minimum Gasteiger partial charge on any atom is -0.382 e. The summed E-state index contributed by atoms with van der Waals surface area (Å²) in [5.41, 5.74) is -0.469. The number of hydrogen-bond acceptors (Lipinski definition) is 1. The first-order valence-corrected chi connectivity index (χ1v) is 7.27. The molecule has 0 heterocycles. The Labute approximate surface area is 120 Å². The predicted octanol–water partition coefficient (Wildman–Crippen LogP) is 5.85. The van der Waals surface area contributed by atoms with Gasteiger partial charge in [0.05, 0.1) is 5.56 Å². The average molecular weight is 338 g/mol. The molecular formula is C14H19BrF3N. The molecule has 0 amide bonds. The van der Waals surface area contributed by atoms with Gasteiger partial charge in [0.25, 0.3) is 0 Å². The second kappa shape index (κ2) is 7.17. The topological polar surface area (TPSA) is 12.0 Å². The quantitative estimate of drug-likeness (QED) is 0.642. The van der Waals surface area contributed by atoms with Crippen LogP contribution in [0.2, 0.25) is 0 Å². The second-order valence-corrected chi connectivity index (χ2v) is 5.64.